The highest BCUT2D eigenvalue weighted by molar-refractivity contribution is 6.33. The van der Waals surface area contributed by atoms with Gasteiger partial charge >= 0.3 is 0 Å². The van der Waals surface area contributed by atoms with Crippen molar-refractivity contribution >= 4 is 23.3 Å². The highest BCUT2D eigenvalue weighted by Crippen LogP contribution is 2.34. The van der Waals surface area contributed by atoms with Crippen molar-refractivity contribution in [3.63, 3.8) is 0 Å². The van der Waals surface area contributed by atoms with Gasteiger partial charge in [0.1, 0.15) is 17.2 Å². The van der Waals surface area contributed by atoms with Gasteiger partial charge in [-0.1, -0.05) is 35.9 Å². The molecule has 0 aliphatic carbocycles. The Kier molecular flexibility index (Phi) is 5.32. The zero-order valence-corrected chi connectivity index (χ0v) is 19.9. The third kappa shape index (κ3) is 3.84. The Bertz CT molecular complexity index is 1330. The number of aryl methyl sites for hydroxylation is 3. The third-order valence-electron chi connectivity index (χ3n) is 5.94. The Balaban J connectivity index is 1.45. The lowest BCUT2D eigenvalue weighted by Gasteiger charge is -2.27. The van der Waals surface area contributed by atoms with E-state index < -0.39 is 0 Å². The molecule has 0 radical (unpaired) electrons. The van der Waals surface area contributed by atoms with Gasteiger partial charge in [0.15, 0.2) is 0 Å². The predicted octanol–water partition coefficient (Wildman–Crippen LogP) is 4.63. The number of benzene rings is 1. The Morgan fingerprint density at radius 1 is 1.15 bits per heavy atom. The molecule has 0 spiro atoms. The maximum absolute atomic E-state index is 12.9. The fourth-order valence-corrected chi connectivity index (χ4v) is 4.58. The van der Waals surface area contributed by atoms with Gasteiger partial charge in [-0.05, 0) is 31.9 Å². The maximum atomic E-state index is 12.9. The van der Waals surface area contributed by atoms with Crippen molar-refractivity contribution in [1.82, 2.24) is 29.3 Å². The summed E-state index contributed by atoms with van der Waals surface area (Å²) in [6, 6.07) is 10.3. The van der Waals surface area contributed by atoms with E-state index in [-0.39, 0.29) is 11.9 Å². The monoisotopic (exact) mass is 463 g/mol. The van der Waals surface area contributed by atoms with Gasteiger partial charge in [-0.3, -0.25) is 19.1 Å². The molecule has 4 aromatic rings. The summed E-state index contributed by atoms with van der Waals surface area (Å²) in [4.78, 5) is 14.7. The van der Waals surface area contributed by atoms with Crippen LogP contribution in [0.3, 0.4) is 0 Å². The molecule has 5 rings (SSSR count). The number of nitrogens with zero attached hydrogens (tertiary/aromatic N) is 7. The van der Waals surface area contributed by atoms with E-state index in [9.17, 15) is 4.79 Å². The van der Waals surface area contributed by atoms with E-state index in [0.29, 0.717) is 24.5 Å². The van der Waals surface area contributed by atoms with Crippen LogP contribution >= 0.6 is 11.6 Å². The molecule has 170 valence electrons. The quantitative estimate of drug-likeness (QED) is 0.432. The fraction of sp³-hybridized carbons (Fsp3) is 0.333. The summed E-state index contributed by atoms with van der Waals surface area (Å²) in [6.45, 7) is 7.18. The molecule has 33 heavy (non-hydrogen) atoms. The molecule has 1 aliphatic heterocycles. The van der Waals surface area contributed by atoms with E-state index in [1.807, 2.05) is 33.4 Å². The minimum atomic E-state index is 0.0852. The third-order valence-corrected chi connectivity index (χ3v) is 6.21. The van der Waals surface area contributed by atoms with Gasteiger partial charge in [-0.25, -0.2) is 4.68 Å². The number of rotatable bonds is 5. The number of anilines is 1. The molecule has 0 saturated heterocycles. The standard InChI is InChI=1S/C24H26ClN7O/c1-15(2)32-24(19(25)12-26-32)20-11-21-30(22(33)9-10-31(21)27-20)14-17-5-7-18(8-6-17)23-16(3)13-29(4)28-23/h5-8,11-13,15H,9-10,14H2,1-4H3. The van der Waals surface area contributed by atoms with Crippen LogP contribution in [0.15, 0.2) is 42.7 Å². The van der Waals surface area contributed by atoms with Crippen molar-refractivity contribution in [1.29, 1.82) is 0 Å². The van der Waals surface area contributed by atoms with Gasteiger partial charge in [0.05, 0.1) is 30.0 Å². The number of aromatic nitrogens is 6. The highest BCUT2D eigenvalue weighted by atomic mass is 35.5. The van der Waals surface area contributed by atoms with Gasteiger partial charge in [0.2, 0.25) is 5.91 Å². The molecule has 0 fully saturated rings. The van der Waals surface area contributed by atoms with Crippen molar-refractivity contribution in [3.8, 4) is 22.6 Å². The normalized spacial score (nSPS) is 13.8. The first-order chi connectivity index (χ1) is 15.8. The number of hydrogen-bond donors (Lipinski definition) is 0. The molecule has 1 amide bonds. The molecular formula is C24H26ClN7O. The van der Waals surface area contributed by atoms with E-state index in [0.717, 1.165) is 39.6 Å². The first kappa shape index (κ1) is 21.5. The van der Waals surface area contributed by atoms with E-state index >= 15 is 0 Å². The van der Waals surface area contributed by atoms with Crippen molar-refractivity contribution in [2.45, 2.75) is 46.3 Å². The smallest absolute Gasteiger partial charge is 0.230 e. The second kappa shape index (κ2) is 8.19. The van der Waals surface area contributed by atoms with Crippen LogP contribution in [0, 0.1) is 6.92 Å². The van der Waals surface area contributed by atoms with Crippen LogP contribution < -0.4 is 4.90 Å². The van der Waals surface area contributed by atoms with Crippen molar-refractivity contribution in [2.24, 2.45) is 7.05 Å². The molecule has 0 bridgehead atoms. The Hall–Kier alpha value is -3.39. The number of hydrogen-bond acceptors (Lipinski definition) is 4. The van der Waals surface area contributed by atoms with Crippen LogP contribution in [0.1, 0.15) is 37.4 Å². The molecule has 0 saturated carbocycles. The topological polar surface area (TPSA) is 73.8 Å². The zero-order chi connectivity index (χ0) is 23.3. The highest BCUT2D eigenvalue weighted by Gasteiger charge is 2.28. The van der Waals surface area contributed by atoms with Crippen LogP contribution in [-0.4, -0.2) is 35.2 Å². The van der Waals surface area contributed by atoms with Crippen LogP contribution in [0.2, 0.25) is 5.02 Å². The largest absolute Gasteiger partial charge is 0.292 e. The van der Waals surface area contributed by atoms with E-state index in [1.165, 1.54) is 0 Å². The Morgan fingerprint density at radius 3 is 2.58 bits per heavy atom. The van der Waals surface area contributed by atoms with Gasteiger partial charge in [0, 0.05) is 37.3 Å². The van der Waals surface area contributed by atoms with Crippen molar-refractivity contribution in [3.05, 3.63) is 58.9 Å². The minimum Gasteiger partial charge on any atom is -0.292 e. The molecule has 1 aromatic carbocycles. The molecule has 0 atom stereocenters. The molecule has 9 heteroatoms. The molecule has 8 nitrogen and oxygen atoms in total. The van der Waals surface area contributed by atoms with Gasteiger partial charge in [-0.2, -0.15) is 15.3 Å². The van der Waals surface area contributed by atoms with E-state index in [4.69, 9.17) is 16.7 Å². The zero-order valence-electron chi connectivity index (χ0n) is 19.2. The lowest BCUT2D eigenvalue weighted by molar-refractivity contribution is -0.119. The molecule has 3 aromatic heterocycles. The van der Waals surface area contributed by atoms with Crippen LogP contribution in [0.5, 0.6) is 0 Å². The van der Waals surface area contributed by atoms with Crippen LogP contribution in [-0.2, 0) is 24.9 Å². The minimum absolute atomic E-state index is 0.0852. The summed E-state index contributed by atoms with van der Waals surface area (Å²) in [5, 5.41) is 14.2. The lowest BCUT2D eigenvalue weighted by atomic mass is 10.1. The molecule has 1 aliphatic rings. The summed E-state index contributed by atoms with van der Waals surface area (Å²) in [6.07, 6.45) is 4.06. The summed E-state index contributed by atoms with van der Waals surface area (Å²) >= 11 is 6.44. The Labute approximate surface area is 197 Å². The van der Waals surface area contributed by atoms with Gasteiger partial charge in [-0.15, -0.1) is 0 Å². The van der Waals surface area contributed by atoms with E-state index in [1.54, 1.807) is 11.1 Å². The van der Waals surface area contributed by atoms with Gasteiger partial charge < -0.3 is 0 Å². The molecule has 0 unspecified atom stereocenters. The maximum Gasteiger partial charge on any atom is 0.230 e. The first-order valence-corrected chi connectivity index (χ1v) is 11.4. The number of carbonyl (C=O) groups excluding carboxylic acids is 1. The number of amides is 1. The summed E-state index contributed by atoms with van der Waals surface area (Å²) in [5.41, 5.74) is 5.71. The molecule has 4 heterocycles. The molecular weight excluding hydrogens is 438 g/mol. The number of halogens is 1. The second-order valence-electron chi connectivity index (χ2n) is 8.75. The second-order valence-corrected chi connectivity index (χ2v) is 9.16. The predicted molar refractivity (Wildman–Crippen MR) is 128 cm³/mol. The van der Waals surface area contributed by atoms with E-state index in [2.05, 4.69) is 55.2 Å². The summed E-state index contributed by atoms with van der Waals surface area (Å²) < 4.78 is 5.57. The van der Waals surface area contributed by atoms with Crippen LogP contribution in [0.25, 0.3) is 22.6 Å². The first-order valence-electron chi connectivity index (χ1n) is 11.0. The average molecular weight is 464 g/mol. The van der Waals surface area contributed by atoms with Gasteiger partial charge in [0.25, 0.3) is 0 Å². The summed E-state index contributed by atoms with van der Waals surface area (Å²) in [5.74, 6) is 0.862. The summed E-state index contributed by atoms with van der Waals surface area (Å²) in [7, 11) is 1.92. The average Bonchev–Trinajstić information content (AvgIpc) is 3.46. The molecule has 0 N–H and O–H groups in total. The fourth-order valence-electron chi connectivity index (χ4n) is 4.35. The van der Waals surface area contributed by atoms with Crippen molar-refractivity contribution in [2.75, 3.05) is 4.90 Å². The Morgan fingerprint density at radius 2 is 1.91 bits per heavy atom. The lowest BCUT2D eigenvalue weighted by Crippen LogP contribution is -2.36. The van der Waals surface area contributed by atoms with Crippen molar-refractivity contribution < 1.29 is 4.79 Å². The van der Waals surface area contributed by atoms with Crippen LogP contribution in [0.4, 0.5) is 5.82 Å². The number of fused-ring (bicyclic) bond motifs is 1. The SMILES string of the molecule is Cc1cn(C)nc1-c1ccc(CN2C(=O)CCn3nc(-c4c(Cl)cnn4C(C)C)cc32)cc1. The number of carbonyl (C=O) groups is 1.